The number of benzene rings is 2. The van der Waals surface area contributed by atoms with Crippen LogP contribution in [0.2, 0.25) is 18.1 Å². The highest BCUT2D eigenvalue weighted by Crippen LogP contribution is 2.36. The lowest BCUT2D eigenvalue weighted by atomic mass is 9.92. The summed E-state index contributed by atoms with van der Waals surface area (Å²) in [5.74, 6) is 0.735. The molecule has 1 fully saturated rings. The van der Waals surface area contributed by atoms with Gasteiger partial charge in [0.2, 0.25) is 0 Å². The van der Waals surface area contributed by atoms with E-state index in [-0.39, 0.29) is 11.9 Å². The molecule has 0 atom stereocenters. The first-order valence-corrected chi connectivity index (χ1v) is 12.7. The van der Waals surface area contributed by atoms with Gasteiger partial charge in [0, 0.05) is 14.4 Å². The van der Waals surface area contributed by atoms with E-state index in [0.29, 0.717) is 5.92 Å². The molecule has 1 heterocycles. The van der Waals surface area contributed by atoms with Crippen LogP contribution in [0, 0.1) is 5.92 Å². The van der Waals surface area contributed by atoms with Gasteiger partial charge >= 0.3 is 0 Å². The Bertz CT molecular complexity index is 739. The highest BCUT2D eigenvalue weighted by molar-refractivity contribution is 6.59. The Morgan fingerprint density at radius 3 is 2.07 bits per heavy atom. The molecule has 1 aliphatic rings. The van der Waals surface area contributed by atoms with Crippen LogP contribution < -0.4 is 0 Å². The molecular formula is C24H30F2Si. The van der Waals surface area contributed by atoms with Crippen molar-refractivity contribution >= 4 is 14.6 Å². The second kappa shape index (κ2) is 9.45. The van der Waals surface area contributed by atoms with Crippen LogP contribution in [0.15, 0.2) is 54.9 Å². The van der Waals surface area contributed by atoms with Crippen molar-refractivity contribution in [2.75, 3.05) is 0 Å². The van der Waals surface area contributed by atoms with Gasteiger partial charge < -0.3 is 0 Å². The Labute approximate surface area is 163 Å². The Morgan fingerprint density at radius 1 is 1.00 bits per heavy atom. The summed E-state index contributed by atoms with van der Waals surface area (Å²) in [4.78, 5) is 0. The van der Waals surface area contributed by atoms with Gasteiger partial charge in [-0.3, -0.25) is 0 Å². The normalized spacial score (nSPS) is 20.9. The summed E-state index contributed by atoms with van der Waals surface area (Å²) in [7, 11) is -0.481. The number of rotatable bonds is 6. The molecule has 0 nitrogen and oxygen atoms in total. The molecule has 3 heteroatoms. The maximum absolute atomic E-state index is 13.3. The van der Waals surface area contributed by atoms with Crippen molar-refractivity contribution in [3.8, 4) is 11.1 Å². The summed E-state index contributed by atoms with van der Waals surface area (Å²) in [6, 6.07) is 20.3. The van der Waals surface area contributed by atoms with Crippen LogP contribution in [0.3, 0.4) is 0 Å². The molecule has 0 radical (unpaired) electrons. The second-order valence-corrected chi connectivity index (χ2v) is 11.8. The topological polar surface area (TPSA) is 0 Å². The lowest BCUT2D eigenvalue weighted by Gasteiger charge is -2.28. The summed E-state index contributed by atoms with van der Waals surface area (Å²) < 4.78 is 25.5. The average molecular weight is 385 g/mol. The molecule has 27 heavy (non-hydrogen) atoms. The van der Waals surface area contributed by atoms with E-state index in [4.69, 9.17) is 0 Å². The first kappa shape index (κ1) is 20.0. The van der Waals surface area contributed by atoms with E-state index in [2.05, 4.69) is 38.1 Å². The van der Waals surface area contributed by atoms with E-state index < -0.39 is 14.6 Å². The van der Waals surface area contributed by atoms with Crippen molar-refractivity contribution in [1.82, 2.24) is 0 Å². The molecule has 0 amide bonds. The monoisotopic (exact) mass is 384 g/mol. The molecule has 0 aliphatic carbocycles. The minimum absolute atomic E-state index is 0.00419. The fourth-order valence-electron chi connectivity index (χ4n) is 4.19. The van der Waals surface area contributed by atoms with Crippen LogP contribution in [0.5, 0.6) is 0 Å². The summed E-state index contributed by atoms with van der Waals surface area (Å²) in [6.45, 7) is 4.67. The largest absolute Gasteiger partial charge is 0.212 e. The molecule has 0 aromatic heterocycles. The van der Waals surface area contributed by atoms with Crippen LogP contribution in [-0.2, 0) is 0 Å². The second-order valence-electron chi connectivity index (χ2n) is 8.35. The number of hydrogen-bond donors (Lipinski definition) is 0. The molecule has 0 unspecified atom stereocenters. The number of halogens is 2. The van der Waals surface area contributed by atoms with Crippen molar-refractivity contribution in [3.63, 3.8) is 0 Å². The quantitative estimate of drug-likeness (QED) is 0.447. The first-order valence-electron chi connectivity index (χ1n) is 10.2. The zero-order valence-corrected chi connectivity index (χ0v) is 17.6. The third kappa shape index (κ3) is 5.38. The summed E-state index contributed by atoms with van der Waals surface area (Å²) in [5.41, 5.74) is 3.88. The van der Waals surface area contributed by atoms with Gasteiger partial charge in [-0.2, -0.15) is 0 Å². The van der Waals surface area contributed by atoms with E-state index >= 15 is 0 Å². The molecule has 1 aliphatic heterocycles. The third-order valence-corrected chi connectivity index (χ3v) is 9.42. The van der Waals surface area contributed by atoms with E-state index in [9.17, 15) is 8.78 Å². The minimum atomic E-state index is -0.829. The SMILES string of the molecule is CC(C)CC[SiH]1CCC(c2ccc(-c3ccc(C(F)=CF)cc3)cc2)CC1. The number of hydrogen-bond acceptors (Lipinski definition) is 0. The smallest absolute Gasteiger partial charge is 0.158 e. The van der Waals surface area contributed by atoms with Crippen molar-refractivity contribution < 1.29 is 8.78 Å². The van der Waals surface area contributed by atoms with Gasteiger partial charge in [0.1, 0.15) is 6.33 Å². The Morgan fingerprint density at radius 2 is 1.56 bits per heavy atom. The molecule has 0 bridgehead atoms. The molecule has 2 aromatic rings. The van der Waals surface area contributed by atoms with Crippen LogP contribution in [0.1, 0.15) is 50.2 Å². The predicted molar refractivity (Wildman–Crippen MR) is 115 cm³/mol. The fraction of sp³-hybridized carbons (Fsp3) is 0.417. The van der Waals surface area contributed by atoms with E-state index in [1.165, 1.54) is 43.0 Å². The maximum Gasteiger partial charge on any atom is 0.158 e. The van der Waals surface area contributed by atoms with Crippen LogP contribution in [0.4, 0.5) is 8.78 Å². The van der Waals surface area contributed by atoms with Crippen LogP contribution >= 0.6 is 0 Å². The third-order valence-electron chi connectivity index (χ3n) is 5.97. The van der Waals surface area contributed by atoms with E-state index in [1.54, 1.807) is 12.1 Å². The van der Waals surface area contributed by atoms with Gasteiger partial charge in [0.25, 0.3) is 0 Å². The summed E-state index contributed by atoms with van der Waals surface area (Å²) in [5, 5.41) is 0. The molecule has 0 spiro atoms. The molecule has 144 valence electrons. The van der Waals surface area contributed by atoms with Gasteiger partial charge in [-0.15, -0.1) is 0 Å². The van der Waals surface area contributed by atoms with Gasteiger partial charge in [0.05, 0.1) is 0 Å². The van der Waals surface area contributed by atoms with Gasteiger partial charge in [-0.25, -0.2) is 8.78 Å². The summed E-state index contributed by atoms with van der Waals surface area (Å²) in [6.07, 6.45) is 4.14. The van der Waals surface area contributed by atoms with Crippen LogP contribution in [0.25, 0.3) is 17.0 Å². The van der Waals surface area contributed by atoms with Crippen molar-refractivity contribution in [1.29, 1.82) is 0 Å². The van der Waals surface area contributed by atoms with Gasteiger partial charge in [0.15, 0.2) is 5.83 Å². The molecule has 1 saturated heterocycles. The van der Waals surface area contributed by atoms with E-state index in [1.807, 2.05) is 12.1 Å². The zero-order chi connectivity index (χ0) is 19.2. The highest BCUT2D eigenvalue weighted by Gasteiger charge is 2.23. The zero-order valence-electron chi connectivity index (χ0n) is 16.4. The van der Waals surface area contributed by atoms with Gasteiger partial charge in [-0.05, 0) is 41.4 Å². The molecule has 0 saturated carbocycles. The van der Waals surface area contributed by atoms with Crippen molar-refractivity contribution in [2.24, 2.45) is 5.92 Å². The predicted octanol–water partition coefficient (Wildman–Crippen LogP) is 7.74. The maximum atomic E-state index is 13.3. The van der Waals surface area contributed by atoms with Crippen LogP contribution in [-0.4, -0.2) is 8.80 Å². The Balaban J connectivity index is 1.59. The molecule has 3 rings (SSSR count). The molecular weight excluding hydrogens is 354 g/mol. The minimum Gasteiger partial charge on any atom is -0.212 e. The molecule has 0 N–H and O–H groups in total. The van der Waals surface area contributed by atoms with Crippen molar-refractivity contribution in [2.45, 2.75) is 57.2 Å². The standard InChI is InChI=1S/C24H30F2Si/c1-18(2)11-14-27-15-12-22(13-16-27)21-5-3-19(4-6-21)20-7-9-23(10-8-20)24(26)17-25/h3-10,17-18,22,27H,11-16H2,1-2H3. The fourth-order valence-corrected chi connectivity index (χ4v) is 7.94. The lowest BCUT2D eigenvalue weighted by molar-refractivity contribution is 0.587. The highest BCUT2D eigenvalue weighted by atomic mass is 28.3. The first-order chi connectivity index (χ1) is 13.1. The van der Waals surface area contributed by atoms with Gasteiger partial charge in [-0.1, -0.05) is 86.9 Å². The van der Waals surface area contributed by atoms with Crippen molar-refractivity contribution in [3.05, 3.63) is 66.0 Å². The van der Waals surface area contributed by atoms with E-state index in [0.717, 1.165) is 17.0 Å². The average Bonchev–Trinajstić information content (AvgIpc) is 2.72. The Hall–Kier alpha value is -1.74. The summed E-state index contributed by atoms with van der Waals surface area (Å²) >= 11 is 0. The molecule has 2 aromatic carbocycles. The Kier molecular flexibility index (Phi) is 7.00. The lowest BCUT2D eigenvalue weighted by Crippen LogP contribution is -2.20.